The van der Waals surface area contributed by atoms with Crippen molar-refractivity contribution in [2.24, 2.45) is 0 Å². The number of hydrogen-bond donors (Lipinski definition) is 1. The molecule has 2 aliphatic heterocycles. The summed E-state index contributed by atoms with van der Waals surface area (Å²) in [7, 11) is 0. The molecule has 1 aromatic heterocycles. The Labute approximate surface area is 164 Å². The van der Waals surface area contributed by atoms with E-state index in [0.29, 0.717) is 12.1 Å². The fraction of sp³-hybridized carbons (Fsp3) is 0.318. The second-order valence-corrected chi connectivity index (χ2v) is 7.23. The Hall–Kier alpha value is -2.99. The fourth-order valence-corrected chi connectivity index (χ4v) is 4.35. The predicted octanol–water partition coefficient (Wildman–Crippen LogP) is 1.93. The Morgan fingerprint density at radius 3 is 2.57 bits per heavy atom. The smallest absolute Gasteiger partial charge is 0.254 e. The zero-order chi connectivity index (χ0) is 19.7. The number of allylic oxidation sites excluding steroid dienone is 1. The van der Waals surface area contributed by atoms with Crippen LogP contribution in [0.2, 0.25) is 0 Å². The molecule has 0 aliphatic carbocycles. The lowest BCUT2D eigenvalue weighted by atomic mass is 9.73. The number of benzene rings is 1. The van der Waals surface area contributed by atoms with Crippen LogP contribution in [0.25, 0.3) is 6.08 Å². The van der Waals surface area contributed by atoms with E-state index >= 15 is 0 Å². The van der Waals surface area contributed by atoms with E-state index < -0.39 is 0 Å². The van der Waals surface area contributed by atoms with E-state index in [1.165, 1.54) is 0 Å². The minimum Gasteiger partial charge on any atom is -0.394 e. The van der Waals surface area contributed by atoms with Crippen LogP contribution in [0, 0.1) is 0 Å². The summed E-state index contributed by atoms with van der Waals surface area (Å²) >= 11 is 0. The standard InChI is InChI=1S/C22H23N3O3/c1-2-3-15-4-6-16(7-5-15)21-18-12-24(13-20(27)25(18)19(21)14-26)22(28)17-8-10-23-11-9-17/h2-11,18-19,21,26H,12-14H2,1H3/t18-,19+,21-/m1/s1. The van der Waals surface area contributed by atoms with Crippen molar-refractivity contribution in [3.8, 4) is 0 Å². The molecule has 0 spiro atoms. The summed E-state index contributed by atoms with van der Waals surface area (Å²) in [6.07, 6.45) is 7.16. The Morgan fingerprint density at radius 1 is 1.21 bits per heavy atom. The van der Waals surface area contributed by atoms with Crippen molar-refractivity contribution in [2.75, 3.05) is 19.7 Å². The number of carbonyl (C=O) groups is 2. The average Bonchev–Trinajstić information content (AvgIpc) is 2.71. The number of nitrogens with zero attached hydrogens (tertiary/aromatic N) is 3. The Kier molecular flexibility index (Phi) is 4.96. The second-order valence-electron chi connectivity index (χ2n) is 7.23. The number of piperazine rings is 1. The quantitative estimate of drug-likeness (QED) is 0.884. The van der Waals surface area contributed by atoms with Crippen molar-refractivity contribution in [1.82, 2.24) is 14.8 Å². The molecule has 6 heteroatoms. The van der Waals surface area contributed by atoms with Gasteiger partial charge in [0, 0.05) is 30.4 Å². The molecule has 4 rings (SSSR count). The minimum atomic E-state index is -0.233. The summed E-state index contributed by atoms with van der Waals surface area (Å²) in [5, 5.41) is 9.87. The number of carbonyl (C=O) groups excluding carboxylic acids is 2. The Bertz CT molecular complexity index is 895. The molecule has 2 amide bonds. The van der Waals surface area contributed by atoms with Crippen molar-refractivity contribution in [1.29, 1.82) is 0 Å². The molecule has 2 aromatic rings. The molecule has 1 N–H and O–H groups in total. The zero-order valence-electron chi connectivity index (χ0n) is 15.7. The first-order chi connectivity index (χ1) is 13.6. The van der Waals surface area contributed by atoms with Crippen LogP contribution in [0.5, 0.6) is 0 Å². The summed E-state index contributed by atoms with van der Waals surface area (Å²) in [5.41, 5.74) is 2.72. The van der Waals surface area contributed by atoms with Crippen molar-refractivity contribution in [3.05, 3.63) is 71.6 Å². The van der Waals surface area contributed by atoms with E-state index in [0.717, 1.165) is 11.1 Å². The zero-order valence-corrected chi connectivity index (χ0v) is 15.7. The number of aromatic nitrogens is 1. The van der Waals surface area contributed by atoms with Crippen molar-refractivity contribution in [2.45, 2.75) is 24.9 Å². The molecule has 0 bridgehead atoms. The third-order valence-electron chi connectivity index (χ3n) is 5.65. The molecule has 2 aliphatic rings. The van der Waals surface area contributed by atoms with Gasteiger partial charge in [0.15, 0.2) is 0 Å². The van der Waals surface area contributed by atoms with Crippen LogP contribution in [-0.4, -0.2) is 63.5 Å². The molecule has 0 unspecified atom stereocenters. The molecule has 144 valence electrons. The number of fused-ring (bicyclic) bond motifs is 1. The molecule has 28 heavy (non-hydrogen) atoms. The molecule has 3 heterocycles. The number of amides is 2. The fourth-order valence-electron chi connectivity index (χ4n) is 4.35. The molecular weight excluding hydrogens is 354 g/mol. The van der Waals surface area contributed by atoms with Crippen molar-refractivity contribution < 1.29 is 14.7 Å². The van der Waals surface area contributed by atoms with Gasteiger partial charge < -0.3 is 14.9 Å². The maximum atomic E-state index is 12.8. The minimum absolute atomic E-state index is 0.0154. The van der Waals surface area contributed by atoms with Gasteiger partial charge in [0.2, 0.25) is 5.91 Å². The van der Waals surface area contributed by atoms with Crippen LogP contribution in [0.1, 0.15) is 34.3 Å². The molecule has 0 saturated carbocycles. The SMILES string of the molecule is CC=Cc1ccc([C@@H]2[C@H]3CN(C(=O)c4ccncc4)CC(=O)N3[C@H]2CO)cc1. The van der Waals surface area contributed by atoms with E-state index in [9.17, 15) is 14.7 Å². The first-order valence-corrected chi connectivity index (χ1v) is 9.48. The monoisotopic (exact) mass is 377 g/mol. The molecule has 2 fully saturated rings. The van der Waals surface area contributed by atoms with Gasteiger partial charge in [-0.2, -0.15) is 0 Å². The van der Waals surface area contributed by atoms with E-state index in [4.69, 9.17) is 0 Å². The molecule has 1 aromatic carbocycles. The predicted molar refractivity (Wildman–Crippen MR) is 106 cm³/mol. The molecule has 3 atom stereocenters. The van der Waals surface area contributed by atoms with Gasteiger partial charge in [-0.1, -0.05) is 36.4 Å². The second kappa shape index (κ2) is 7.56. The maximum absolute atomic E-state index is 12.8. The normalized spacial score (nSPS) is 24.2. The summed E-state index contributed by atoms with van der Waals surface area (Å²) in [6.45, 7) is 2.40. The van der Waals surface area contributed by atoms with E-state index in [1.54, 1.807) is 34.3 Å². The van der Waals surface area contributed by atoms with Gasteiger partial charge in [0.05, 0.1) is 18.7 Å². The van der Waals surface area contributed by atoms with Gasteiger partial charge in [-0.3, -0.25) is 14.6 Å². The molecule has 0 radical (unpaired) electrons. The first-order valence-electron chi connectivity index (χ1n) is 9.48. The van der Waals surface area contributed by atoms with Gasteiger partial charge in [0.1, 0.15) is 6.54 Å². The van der Waals surface area contributed by atoms with E-state index in [-0.39, 0.29) is 43.0 Å². The van der Waals surface area contributed by atoms with E-state index in [1.807, 2.05) is 43.3 Å². The number of aliphatic hydroxyl groups is 1. The van der Waals surface area contributed by atoms with E-state index in [2.05, 4.69) is 4.98 Å². The topological polar surface area (TPSA) is 73.7 Å². The lowest BCUT2D eigenvalue weighted by molar-refractivity contribution is -0.159. The lowest BCUT2D eigenvalue weighted by Crippen LogP contribution is -2.73. The summed E-state index contributed by atoms with van der Waals surface area (Å²) < 4.78 is 0. The van der Waals surface area contributed by atoms with Crippen molar-refractivity contribution in [3.63, 3.8) is 0 Å². The highest BCUT2D eigenvalue weighted by Crippen LogP contribution is 2.43. The largest absolute Gasteiger partial charge is 0.394 e. The van der Waals surface area contributed by atoms with Gasteiger partial charge in [-0.05, 0) is 30.2 Å². The van der Waals surface area contributed by atoms with Gasteiger partial charge in [-0.15, -0.1) is 0 Å². The third-order valence-corrected chi connectivity index (χ3v) is 5.65. The number of hydrogen-bond acceptors (Lipinski definition) is 4. The number of pyridine rings is 1. The Balaban J connectivity index is 1.58. The third kappa shape index (κ3) is 3.10. The highest BCUT2D eigenvalue weighted by atomic mass is 16.3. The van der Waals surface area contributed by atoms with Crippen LogP contribution >= 0.6 is 0 Å². The highest BCUT2D eigenvalue weighted by Gasteiger charge is 2.54. The molecular formula is C22H23N3O3. The Morgan fingerprint density at radius 2 is 1.93 bits per heavy atom. The summed E-state index contributed by atoms with van der Waals surface area (Å²) in [6, 6.07) is 11.2. The lowest BCUT2D eigenvalue weighted by Gasteiger charge is -2.58. The van der Waals surface area contributed by atoms with Crippen LogP contribution in [-0.2, 0) is 4.79 Å². The van der Waals surface area contributed by atoms with Crippen LogP contribution in [0.3, 0.4) is 0 Å². The summed E-state index contributed by atoms with van der Waals surface area (Å²) in [4.78, 5) is 32.8. The van der Waals surface area contributed by atoms with Gasteiger partial charge in [0.25, 0.3) is 5.91 Å². The molecule has 6 nitrogen and oxygen atoms in total. The maximum Gasteiger partial charge on any atom is 0.254 e. The molecule has 2 saturated heterocycles. The highest BCUT2D eigenvalue weighted by molar-refractivity contribution is 5.97. The van der Waals surface area contributed by atoms with Crippen LogP contribution in [0.4, 0.5) is 0 Å². The van der Waals surface area contributed by atoms with Gasteiger partial charge in [-0.25, -0.2) is 0 Å². The van der Waals surface area contributed by atoms with Crippen LogP contribution < -0.4 is 0 Å². The summed E-state index contributed by atoms with van der Waals surface area (Å²) in [5.74, 6) is -0.258. The average molecular weight is 377 g/mol. The van der Waals surface area contributed by atoms with Gasteiger partial charge >= 0.3 is 0 Å². The van der Waals surface area contributed by atoms with Crippen LogP contribution in [0.15, 0.2) is 54.9 Å². The number of aliphatic hydroxyl groups excluding tert-OH is 1. The number of rotatable bonds is 4. The first kappa shape index (κ1) is 18.4. The van der Waals surface area contributed by atoms with Crippen molar-refractivity contribution >= 4 is 17.9 Å².